The Morgan fingerprint density at radius 1 is 1.19 bits per heavy atom. The number of hydrogen-bond acceptors (Lipinski definition) is 4. The van der Waals surface area contributed by atoms with Crippen LogP contribution in [-0.2, 0) is 0 Å². The maximum atomic E-state index is 13.1. The summed E-state index contributed by atoms with van der Waals surface area (Å²) in [5.74, 6) is 1.14. The Kier molecular flexibility index (Phi) is 5.17. The molecule has 27 heavy (non-hydrogen) atoms. The summed E-state index contributed by atoms with van der Waals surface area (Å²) in [4.78, 5) is 14.3. The molecule has 0 saturated carbocycles. The van der Waals surface area contributed by atoms with E-state index in [0.29, 0.717) is 32.6 Å². The van der Waals surface area contributed by atoms with Crippen LogP contribution >= 0.6 is 35.0 Å². The number of fused-ring (bicyclic) bond motifs is 1. The maximum Gasteiger partial charge on any atom is 0.257 e. The van der Waals surface area contributed by atoms with E-state index in [9.17, 15) is 4.79 Å². The lowest BCUT2D eigenvalue weighted by molar-refractivity contribution is 0.0934. The van der Waals surface area contributed by atoms with Gasteiger partial charge in [0.15, 0.2) is 0 Å². The van der Waals surface area contributed by atoms with Gasteiger partial charge in [-0.2, -0.15) is 0 Å². The first-order valence-corrected chi connectivity index (χ1v) is 10.2. The van der Waals surface area contributed by atoms with Crippen molar-refractivity contribution >= 4 is 40.9 Å². The van der Waals surface area contributed by atoms with Crippen molar-refractivity contribution in [2.24, 2.45) is 0 Å². The Labute approximate surface area is 171 Å². The van der Waals surface area contributed by atoms with E-state index in [0.717, 1.165) is 17.7 Å². The summed E-state index contributed by atoms with van der Waals surface area (Å²) in [6, 6.07) is 13.3. The number of thioether (sulfide) groups is 1. The zero-order valence-electron chi connectivity index (χ0n) is 14.5. The molecule has 0 aliphatic carbocycles. The van der Waals surface area contributed by atoms with E-state index in [1.807, 2.05) is 23.9 Å². The second-order valence-corrected chi connectivity index (χ2v) is 8.21. The van der Waals surface area contributed by atoms with Gasteiger partial charge in [0.2, 0.25) is 0 Å². The molecule has 0 fully saturated rings. The number of rotatable bonds is 3. The van der Waals surface area contributed by atoms with Gasteiger partial charge in [0.25, 0.3) is 5.91 Å². The Morgan fingerprint density at radius 3 is 2.70 bits per heavy atom. The summed E-state index contributed by atoms with van der Waals surface area (Å²) in [5.41, 5.74) is 2.36. The van der Waals surface area contributed by atoms with Crippen LogP contribution < -0.4 is 5.32 Å². The Morgan fingerprint density at radius 2 is 1.93 bits per heavy atom. The summed E-state index contributed by atoms with van der Waals surface area (Å²) in [6.45, 7) is 1.71. The fourth-order valence-electron chi connectivity index (χ4n) is 3.26. The fourth-order valence-corrected chi connectivity index (χ4v) is 4.96. The monoisotopic (exact) mass is 418 g/mol. The van der Waals surface area contributed by atoms with E-state index in [1.54, 1.807) is 25.1 Å². The highest BCUT2D eigenvalue weighted by Gasteiger charge is 2.28. The minimum Gasteiger partial charge on any atom is -0.360 e. The molecule has 0 saturated heterocycles. The van der Waals surface area contributed by atoms with E-state index in [-0.39, 0.29) is 11.9 Å². The zero-order valence-corrected chi connectivity index (χ0v) is 16.8. The number of aryl methyl sites for hydroxylation is 1. The van der Waals surface area contributed by atoms with Gasteiger partial charge in [-0.15, -0.1) is 11.8 Å². The molecule has 2 aromatic carbocycles. The number of benzene rings is 2. The van der Waals surface area contributed by atoms with E-state index >= 15 is 0 Å². The average molecular weight is 419 g/mol. The largest absolute Gasteiger partial charge is 0.360 e. The summed E-state index contributed by atoms with van der Waals surface area (Å²) in [7, 11) is 0. The second kappa shape index (κ2) is 7.58. The van der Waals surface area contributed by atoms with Crippen molar-refractivity contribution in [2.45, 2.75) is 24.3 Å². The third kappa shape index (κ3) is 3.47. The van der Waals surface area contributed by atoms with Crippen molar-refractivity contribution < 1.29 is 9.32 Å². The van der Waals surface area contributed by atoms with Crippen molar-refractivity contribution in [2.75, 3.05) is 5.75 Å². The van der Waals surface area contributed by atoms with Gasteiger partial charge in [0.05, 0.1) is 16.1 Å². The number of carbonyl (C=O) groups excluding carboxylic acids is 1. The number of nitrogens with zero attached hydrogens (tertiary/aromatic N) is 1. The molecule has 1 aliphatic heterocycles. The number of nitrogens with one attached hydrogen (secondary N) is 1. The van der Waals surface area contributed by atoms with Crippen molar-refractivity contribution in [3.05, 3.63) is 69.4 Å². The van der Waals surface area contributed by atoms with Crippen molar-refractivity contribution in [1.82, 2.24) is 10.5 Å². The van der Waals surface area contributed by atoms with Gasteiger partial charge in [0.1, 0.15) is 17.0 Å². The highest BCUT2D eigenvalue weighted by atomic mass is 35.5. The SMILES string of the molecule is Cc1onc(-c2c(Cl)cccc2Cl)c1C(=O)N[C@H]1CCSc2ccccc21. The Hall–Kier alpha value is -1.95. The van der Waals surface area contributed by atoms with Gasteiger partial charge < -0.3 is 9.84 Å². The molecule has 138 valence electrons. The van der Waals surface area contributed by atoms with Gasteiger partial charge in [-0.1, -0.05) is 52.6 Å². The van der Waals surface area contributed by atoms with E-state index in [2.05, 4.69) is 22.6 Å². The molecule has 1 N–H and O–H groups in total. The topological polar surface area (TPSA) is 55.1 Å². The summed E-state index contributed by atoms with van der Waals surface area (Å²) in [6.07, 6.45) is 0.861. The van der Waals surface area contributed by atoms with E-state index in [1.165, 1.54) is 4.90 Å². The van der Waals surface area contributed by atoms with Gasteiger partial charge in [-0.25, -0.2) is 0 Å². The predicted molar refractivity (Wildman–Crippen MR) is 109 cm³/mol. The molecular weight excluding hydrogens is 403 g/mol. The lowest BCUT2D eigenvalue weighted by Gasteiger charge is -2.25. The predicted octanol–water partition coefficient (Wildman–Crippen LogP) is 5.92. The molecule has 4 nitrogen and oxygen atoms in total. The lowest BCUT2D eigenvalue weighted by atomic mass is 10.0. The summed E-state index contributed by atoms with van der Waals surface area (Å²) < 4.78 is 5.31. The minimum atomic E-state index is -0.244. The highest BCUT2D eigenvalue weighted by molar-refractivity contribution is 7.99. The van der Waals surface area contributed by atoms with Crippen LogP contribution in [0.2, 0.25) is 10.0 Å². The van der Waals surface area contributed by atoms with Crippen molar-refractivity contribution in [1.29, 1.82) is 0 Å². The number of hydrogen-bond donors (Lipinski definition) is 1. The van der Waals surface area contributed by atoms with Crippen LogP contribution in [0.4, 0.5) is 0 Å². The van der Waals surface area contributed by atoms with Crippen LogP contribution in [0.25, 0.3) is 11.3 Å². The third-order valence-corrected chi connectivity index (χ3v) is 6.31. The second-order valence-electron chi connectivity index (χ2n) is 6.26. The maximum absolute atomic E-state index is 13.1. The molecule has 1 amide bonds. The molecule has 0 bridgehead atoms. The molecule has 1 aliphatic rings. The zero-order chi connectivity index (χ0) is 19.0. The normalized spacial score (nSPS) is 16.0. The van der Waals surface area contributed by atoms with Crippen LogP contribution in [0.3, 0.4) is 0 Å². The van der Waals surface area contributed by atoms with Crippen LogP contribution in [-0.4, -0.2) is 16.8 Å². The molecule has 1 atom stereocenters. The van der Waals surface area contributed by atoms with Crippen LogP contribution in [0.1, 0.15) is 34.1 Å². The van der Waals surface area contributed by atoms with Gasteiger partial charge in [-0.05, 0) is 37.1 Å². The summed E-state index contributed by atoms with van der Waals surface area (Å²) >= 11 is 14.4. The third-order valence-electron chi connectivity index (χ3n) is 4.55. The lowest BCUT2D eigenvalue weighted by Crippen LogP contribution is -2.31. The van der Waals surface area contributed by atoms with Crippen LogP contribution in [0, 0.1) is 6.92 Å². The van der Waals surface area contributed by atoms with Crippen molar-refractivity contribution in [3.8, 4) is 11.3 Å². The van der Waals surface area contributed by atoms with Crippen LogP contribution in [0.15, 0.2) is 51.9 Å². The Bertz CT molecular complexity index is 999. The molecule has 3 aromatic rings. The van der Waals surface area contributed by atoms with E-state index < -0.39 is 0 Å². The fraction of sp³-hybridized carbons (Fsp3) is 0.200. The minimum absolute atomic E-state index is 0.0567. The molecule has 0 radical (unpaired) electrons. The summed E-state index contributed by atoms with van der Waals surface area (Å²) in [5, 5.41) is 8.03. The molecule has 0 spiro atoms. The molecular formula is C20H16Cl2N2O2S. The van der Waals surface area contributed by atoms with Gasteiger partial charge in [-0.3, -0.25) is 4.79 Å². The van der Waals surface area contributed by atoms with E-state index in [4.69, 9.17) is 27.7 Å². The average Bonchev–Trinajstić information content (AvgIpc) is 3.03. The highest BCUT2D eigenvalue weighted by Crippen LogP contribution is 2.38. The smallest absolute Gasteiger partial charge is 0.257 e. The molecule has 7 heteroatoms. The quantitative estimate of drug-likeness (QED) is 0.572. The standard InChI is InChI=1S/C20H16Cl2N2O2S/c1-11-17(19(24-26-11)18-13(21)6-4-7-14(18)22)20(25)23-15-9-10-27-16-8-3-2-5-12(15)16/h2-8,15H,9-10H2,1H3,(H,23,25)/t15-/m0/s1. The number of halogens is 2. The Balaban J connectivity index is 1.70. The first-order chi connectivity index (χ1) is 13.1. The van der Waals surface area contributed by atoms with Crippen molar-refractivity contribution in [3.63, 3.8) is 0 Å². The van der Waals surface area contributed by atoms with Gasteiger partial charge >= 0.3 is 0 Å². The first kappa shape index (κ1) is 18.4. The molecule has 4 rings (SSSR count). The van der Waals surface area contributed by atoms with Crippen LogP contribution in [0.5, 0.6) is 0 Å². The number of carbonyl (C=O) groups is 1. The number of aromatic nitrogens is 1. The molecule has 1 aromatic heterocycles. The first-order valence-electron chi connectivity index (χ1n) is 8.49. The van der Waals surface area contributed by atoms with Gasteiger partial charge in [0, 0.05) is 16.2 Å². The number of amides is 1. The molecule has 0 unspecified atom stereocenters. The molecule has 2 heterocycles.